The second-order valence-electron chi connectivity index (χ2n) is 4.65. The minimum absolute atomic E-state index is 0.0721. The van der Waals surface area contributed by atoms with Crippen molar-refractivity contribution in [3.8, 4) is 0 Å². The first-order valence-corrected chi connectivity index (χ1v) is 7.95. The van der Waals surface area contributed by atoms with Gasteiger partial charge < -0.3 is 15.6 Å². The van der Waals surface area contributed by atoms with Crippen molar-refractivity contribution in [3.63, 3.8) is 0 Å². The van der Waals surface area contributed by atoms with Gasteiger partial charge in [-0.05, 0) is 24.6 Å². The van der Waals surface area contributed by atoms with Gasteiger partial charge in [0, 0.05) is 17.3 Å². The molecule has 8 heteroatoms. The van der Waals surface area contributed by atoms with Crippen molar-refractivity contribution in [1.29, 1.82) is 0 Å². The van der Waals surface area contributed by atoms with E-state index in [1.807, 2.05) is 0 Å². The third kappa shape index (κ3) is 2.77. The van der Waals surface area contributed by atoms with E-state index >= 15 is 0 Å². The second-order valence-corrected chi connectivity index (χ2v) is 6.94. The van der Waals surface area contributed by atoms with Crippen molar-refractivity contribution in [2.24, 2.45) is 0 Å². The van der Waals surface area contributed by atoms with Crippen LogP contribution in [0.25, 0.3) is 0 Å². The molecule has 1 aliphatic heterocycles. The zero-order valence-electron chi connectivity index (χ0n) is 11.0. The smallest absolute Gasteiger partial charge is 0.243 e. The number of anilines is 1. The molecule has 1 atom stereocenters. The summed E-state index contributed by atoms with van der Waals surface area (Å²) in [7, 11) is -3.77. The number of aliphatic hydroxyl groups excluding tert-OH is 1. The monoisotopic (exact) mass is 320 g/mol. The molecule has 1 aromatic carbocycles. The number of benzene rings is 1. The minimum atomic E-state index is -3.77. The summed E-state index contributed by atoms with van der Waals surface area (Å²) in [6, 6.07) is 2.30. The molecule has 2 rings (SSSR count). The van der Waals surface area contributed by atoms with Crippen LogP contribution in [0.5, 0.6) is 0 Å². The Morgan fingerprint density at radius 2 is 2.25 bits per heavy atom. The first-order valence-electron chi connectivity index (χ1n) is 6.14. The molecule has 3 N–H and O–H groups in total. The summed E-state index contributed by atoms with van der Waals surface area (Å²) in [6.07, 6.45) is 0. The van der Waals surface area contributed by atoms with Crippen LogP contribution >= 0.6 is 11.6 Å². The van der Waals surface area contributed by atoms with Crippen LogP contribution in [0.4, 0.5) is 5.69 Å². The van der Waals surface area contributed by atoms with Gasteiger partial charge >= 0.3 is 0 Å². The van der Waals surface area contributed by atoms with Gasteiger partial charge in [-0.25, -0.2) is 8.42 Å². The van der Waals surface area contributed by atoms with Gasteiger partial charge in [0.2, 0.25) is 10.0 Å². The average Bonchev–Trinajstić information content (AvgIpc) is 2.42. The molecule has 20 heavy (non-hydrogen) atoms. The molecule has 1 unspecified atom stereocenters. The van der Waals surface area contributed by atoms with Crippen LogP contribution < -0.4 is 5.73 Å². The van der Waals surface area contributed by atoms with Crippen molar-refractivity contribution >= 4 is 27.3 Å². The van der Waals surface area contributed by atoms with E-state index in [2.05, 4.69) is 0 Å². The molecule has 1 aromatic rings. The molecule has 1 saturated heterocycles. The van der Waals surface area contributed by atoms with Gasteiger partial charge in [0.15, 0.2) is 0 Å². The molecule has 1 heterocycles. The topological polar surface area (TPSA) is 92.9 Å². The number of ether oxygens (including phenoxy) is 1. The standard InChI is InChI=1S/C12H17ClN2O4S/c1-8-11(14)4-9(13)5-12(8)20(17,18)15-2-3-19-7-10(15)6-16/h4-5,10,16H,2-3,6-7,14H2,1H3. The van der Waals surface area contributed by atoms with Crippen LogP contribution in [0.1, 0.15) is 5.56 Å². The number of hydrogen-bond acceptors (Lipinski definition) is 5. The summed E-state index contributed by atoms with van der Waals surface area (Å²) >= 11 is 5.90. The number of sulfonamides is 1. The first kappa shape index (κ1) is 15.5. The van der Waals surface area contributed by atoms with E-state index in [-0.39, 0.29) is 29.7 Å². The summed E-state index contributed by atoms with van der Waals surface area (Å²) in [5, 5.41) is 9.58. The van der Waals surface area contributed by atoms with E-state index in [1.54, 1.807) is 6.92 Å². The Kier molecular flexibility index (Phi) is 4.55. The zero-order valence-corrected chi connectivity index (χ0v) is 12.6. The summed E-state index contributed by atoms with van der Waals surface area (Å²) < 4.78 is 31.9. The molecule has 112 valence electrons. The quantitative estimate of drug-likeness (QED) is 0.796. The average molecular weight is 321 g/mol. The molecule has 0 bridgehead atoms. The number of rotatable bonds is 3. The molecule has 1 fully saturated rings. The number of nitrogens with zero attached hydrogens (tertiary/aromatic N) is 1. The number of hydrogen-bond donors (Lipinski definition) is 2. The van der Waals surface area contributed by atoms with Gasteiger partial charge in [-0.1, -0.05) is 11.6 Å². The zero-order chi connectivity index (χ0) is 14.9. The van der Waals surface area contributed by atoms with Crippen LogP contribution in [0.3, 0.4) is 0 Å². The largest absolute Gasteiger partial charge is 0.398 e. The highest BCUT2D eigenvalue weighted by Crippen LogP contribution is 2.29. The number of morpholine rings is 1. The van der Waals surface area contributed by atoms with Gasteiger partial charge in [-0.3, -0.25) is 0 Å². The number of nitrogen functional groups attached to an aromatic ring is 1. The van der Waals surface area contributed by atoms with E-state index in [1.165, 1.54) is 16.4 Å². The fourth-order valence-corrected chi connectivity index (χ4v) is 4.33. The molecule has 1 aliphatic rings. The van der Waals surface area contributed by atoms with Gasteiger partial charge in [-0.2, -0.15) is 4.31 Å². The van der Waals surface area contributed by atoms with Crippen LogP contribution in [0.15, 0.2) is 17.0 Å². The molecule has 6 nitrogen and oxygen atoms in total. The number of nitrogens with two attached hydrogens (primary N) is 1. The minimum Gasteiger partial charge on any atom is -0.398 e. The molecule has 0 aromatic heterocycles. The van der Waals surface area contributed by atoms with E-state index in [9.17, 15) is 13.5 Å². The molecule has 0 radical (unpaired) electrons. The van der Waals surface area contributed by atoms with Gasteiger partial charge in [0.1, 0.15) is 0 Å². The third-order valence-electron chi connectivity index (χ3n) is 3.34. The fraction of sp³-hybridized carbons (Fsp3) is 0.500. The maximum absolute atomic E-state index is 12.7. The lowest BCUT2D eigenvalue weighted by atomic mass is 10.2. The van der Waals surface area contributed by atoms with Crippen molar-refractivity contribution < 1.29 is 18.3 Å². The Hall–Kier alpha value is -0.860. The molecular formula is C12H17ClN2O4S. The van der Waals surface area contributed by atoms with Crippen molar-refractivity contribution in [2.75, 3.05) is 32.1 Å². The Labute approximate surface area is 123 Å². The van der Waals surface area contributed by atoms with Crippen molar-refractivity contribution in [3.05, 3.63) is 22.7 Å². The van der Waals surface area contributed by atoms with Crippen LogP contribution in [0.2, 0.25) is 5.02 Å². The predicted octanol–water partition coefficient (Wildman–Crippen LogP) is 0.612. The van der Waals surface area contributed by atoms with Gasteiger partial charge in [0.05, 0.1) is 30.8 Å². The highest BCUT2D eigenvalue weighted by molar-refractivity contribution is 7.89. The summed E-state index contributed by atoms with van der Waals surface area (Å²) in [6.45, 7) is 2.00. The molecule has 0 saturated carbocycles. The van der Waals surface area contributed by atoms with E-state index in [0.29, 0.717) is 17.9 Å². The molecule has 0 aliphatic carbocycles. The summed E-state index contributed by atoms with van der Waals surface area (Å²) in [4.78, 5) is 0.0721. The highest BCUT2D eigenvalue weighted by atomic mass is 35.5. The lowest BCUT2D eigenvalue weighted by molar-refractivity contribution is 0.0109. The third-order valence-corrected chi connectivity index (χ3v) is 5.63. The Balaban J connectivity index is 2.49. The van der Waals surface area contributed by atoms with Crippen molar-refractivity contribution in [2.45, 2.75) is 17.9 Å². The van der Waals surface area contributed by atoms with Crippen molar-refractivity contribution in [1.82, 2.24) is 4.31 Å². The van der Waals surface area contributed by atoms with Gasteiger partial charge in [-0.15, -0.1) is 0 Å². The molecule has 0 spiro atoms. The van der Waals surface area contributed by atoms with E-state index < -0.39 is 16.1 Å². The van der Waals surface area contributed by atoms with Crippen LogP contribution in [-0.4, -0.2) is 50.2 Å². The Morgan fingerprint density at radius 3 is 2.90 bits per heavy atom. The van der Waals surface area contributed by atoms with E-state index in [0.717, 1.165) is 0 Å². The Bertz CT molecular complexity index is 606. The predicted molar refractivity (Wildman–Crippen MR) is 76.2 cm³/mol. The van der Waals surface area contributed by atoms with Gasteiger partial charge in [0.25, 0.3) is 0 Å². The highest BCUT2D eigenvalue weighted by Gasteiger charge is 2.35. The lowest BCUT2D eigenvalue weighted by Crippen LogP contribution is -2.50. The number of aliphatic hydroxyl groups is 1. The van der Waals surface area contributed by atoms with E-state index in [4.69, 9.17) is 22.1 Å². The summed E-state index contributed by atoms with van der Waals surface area (Å²) in [5.74, 6) is 0. The lowest BCUT2D eigenvalue weighted by Gasteiger charge is -2.33. The SMILES string of the molecule is Cc1c(N)cc(Cl)cc1S(=O)(=O)N1CCOCC1CO. The first-order chi connectivity index (χ1) is 9.37. The maximum Gasteiger partial charge on any atom is 0.243 e. The van der Waals surface area contributed by atoms with Crippen LogP contribution in [0, 0.1) is 6.92 Å². The second kappa shape index (κ2) is 5.87. The maximum atomic E-state index is 12.7. The normalized spacial score (nSPS) is 21.1. The number of halogens is 1. The molecule has 0 amide bonds. The Morgan fingerprint density at radius 1 is 1.55 bits per heavy atom. The van der Waals surface area contributed by atoms with Crippen LogP contribution in [-0.2, 0) is 14.8 Å². The molecular weight excluding hydrogens is 304 g/mol. The fourth-order valence-electron chi connectivity index (χ4n) is 2.17. The summed E-state index contributed by atoms with van der Waals surface area (Å²) in [5.41, 5.74) is 6.55.